The summed E-state index contributed by atoms with van der Waals surface area (Å²) in [5.41, 5.74) is 2.00. The molecule has 0 saturated heterocycles. The Morgan fingerprint density at radius 2 is 1.74 bits per heavy atom. The Morgan fingerprint density at radius 3 is 2.30 bits per heavy atom. The van der Waals surface area contributed by atoms with Crippen molar-refractivity contribution in [1.29, 1.82) is 0 Å². The molecule has 0 saturated carbocycles. The number of hydrogen-bond donors (Lipinski definition) is 0. The number of amides is 1. The van der Waals surface area contributed by atoms with Crippen LogP contribution in [0.3, 0.4) is 0 Å². The number of hydrogen-bond acceptors (Lipinski definition) is 2. The van der Waals surface area contributed by atoms with E-state index in [-0.39, 0.29) is 11.3 Å². The molecule has 3 nitrogen and oxygen atoms in total. The van der Waals surface area contributed by atoms with Crippen molar-refractivity contribution in [3.63, 3.8) is 0 Å². The maximum atomic E-state index is 12.9. The summed E-state index contributed by atoms with van der Waals surface area (Å²) >= 11 is 12.3. The topological polar surface area (TPSA) is 29.5 Å². The SMILES string of the molecule is COc1ccc(CN(CCc2ccc(Cl)cc2Cl)C(=O)CC(C)(C)C)cc1. The van der Waals surface area contributed by atoms with Crippen molar-refractivity contribution in [1.82, 2.24) is 4.90 Å². The van der Waals surface area contributed by atoms with Gasteiger partial charge in [-0.3, -0.25) is 4.79 Å². The van der Waals surface area contributed by atoms with Crippen molar-refractivity contribution in [3.8, 4) is 5.75 Å². The number of nitrogens with zero attached hydrogens (tertiary/aromatic N) is 1. The highest BCUT2D eigenvalue weighted by Crippen LogP contribution is 2.24. The molecule has 0 N–H and O–H groups in total. The number of benzene rings is 2. The second-order valence-electron chi connectivity index (χ2n) is 7.89. The quantitative estimate of drug-likeness (QED) is 0.562. The third kappa shape index (κ3) is 7.08. The van der Waals surface area contributed by atoms with Gasteiger partial charge in [0.05, 0.1) is 7.11 Å². The minimum absolute atomic E-state index is 0.0623. The van der Waals surface area contributed by atoms with Crippen LogP contribution in [0.5, 0.6) is 5.75 Å². The lowest BCUT2D eigenvalue weighted by Gasteiger charge is -2.27. The van der Waals surface area contributed by atoms with Crippen LogP contribution >= 0.6 is 23.2 Å². The van der Waals surface area contributed by atoms with E-state index >= 15 is 0 Å². The van der Waals surface area contributed by atoms with Crippen LogP contribution in [0.2, 0.25) is 10.0 Å². The molecule has 2 aromatic carbocycles. The molecule has 0 unspecified atom stereocenters. The van der Waals surface area contributed by atoms with Gasteiger partial charge in [0.15, 0.2) is 0 Å². The van der Waals surface area contributed by atoms with Crippen molar-refractivity contribution >= 4 is 29.1 Å². The van der Waals surface area contributed by atoms with Crippen LogP contribution < -0.4 is 4.74 Å². The first-order valence-corrected chi connectivity index (χ1v) is 9.78. The Hall–Kier alpha value is -1.71. The summed E-state index contributed by atoms with van der Waals surface area (Å²) in [7, 11) is 1.64. The molecule has 0 spiro atoms. The Balaban J connectivity index is 2.13. The summed E-state index contributed by atoms with van der Waals surface area (Å²) < 4.78 is 5.21. The number of carbonyl (C=O) groups excluding carboxylic acids is 1. The van der Waals surface area contributed by atoms with Crippen molar-refractivity contribution in [3.05, 3.63) is 63.6 Å². The van der Waals surface area contributed by atoms with Crippen molar-refractivity contribution in [2.75, 3.05) is 13.7 Å². The van der Waals surface area contributed by atoms with Gasteiger partial charge in [-0.25, -0.2) is 0 Å². The van der Waals surface area contributed by atoms with Gasteiger partial charge in [0, 0.05) is 29.6 Å². The predicted octanol–water partition coefficient (Wildman–Crippen LogP) is 6.01. The Bertz CT molecular complexity index is 767. The summed E-state index contributed by atoms with van der Waals surface area (Å²) in [5, 5.41) is 1.25. The van der Waals surface area contributed by atoms with Crippen molar-refractivity contribution < 1.29 is 9.53 Å². The van der Waals surface area contributed by atoms with E-state index in [9.17, 15) is 4.79 Å². The van der Waals surface area contributed by atoms with Gasteiger partial charge in [0.2, 0.25) is 5.91 Å². The lowest BCUT2D eigenvalue weighted by molar-refractivity contribution is -0.133. The lowest BCUT2D eigenvalue weighted by Crippen LogP contribution is -2.34. The number of halogens is 2. The summed E-state index contributed by atoms with van der Waals surface area (Å²) in [5.74, 6) is 0.947. The maximum Gasteiger partial charge on any atom is 0.223 e. The van der Waals surface area contributed by atoms with Gasteiger partial charge >= 0.3 is 0 Å². The minimum atomic E-state index is -0.0623. The number of methoxy groups -OCH3 is 1. The molecule has 0 aromatic heterocycles. The average molecular weight is 408 g/mol. The average Bonchev–Trinajstić information content (AvgIpc) is 2.59. The number of carbonyl (C=O) groups is 1. The fourth-order valence-electron chi connectivity index (χ4n) is 2.79. The van der Waals surface area contributed by atoms with Crippen LogP contribution in [0.1, 0.15) is 38.3 Å². The Morgan fingerprint density at radius 1 is 1.07 bits per heavy atom. The van der Waals surface area contributed by atoms with E-state index in [0.717, 1.165) is 16.9 Å². The Labute approximate surface area is 172 Å². The number of rotatable bonds is 7. The van der Waals surface area contributed by atoms with Crippen LogP contribution in [0.15, 0.2) is 42.5 Å². The highest BCUT2D eigenvalue weighted by Gasteiger charge is 2.21. The van der Waals surface area contributed by atoms with E-state index in [0.29, 0.717) is 36.0 Å². The van der Waals surface area contributed by atoms with Gasteiger partial charge in [0.25, 0.3) is 0 Å². The van der Waals surface area contributed by atoms with Gasteiger partial charge < -0.3 is 9.64 Å². The van der Waals surface area contributed by atoms with E-state index in [1.807, 2.05) is 41.3 Å². The zero-order valence-corrected chi connectivity index (χ0v) is 17.9. The second kappa shape index (κ2) is 9.48. The third-order valence-electron chi connectivity index (χ3n) is 4.23. The molecule has 2 rings (SSSR count). The molecule has 0 aliphatic carbocycles. The molecular weight excluding hydrogens is 381 g/mol. The molecule has 27 heavy (non-hydrogen) atoms. The standard InChI is InChI=1S/C22H27Cl2NO2/c1-22(2,3)14-21(26)25(15-16-5-9-19(27-4)10-6-16)12-11-17-7-8-18(23)13-20(17)24/h5-10,13H,11-12,14-15H2,1-4H3. The lowest BCUT2D eigenvalue weighted by atomic mass is 9.91. The molecule has 146 valence electrons. The van der Waals surface area contributed by atoms with Gasteiger partial charge in [0.1, 0.15) is 5.75 Å². The molecule has 0 aliphatic heterocycles. The summed E-state index contributed by atoms with van der Waals surface area (Å²) in [6, 6.07) is 13.3. The molecule has 0 bridgehead atoms. The van der Waals surface area contributed by atoms with Crippen LogP contribution in [-0.4, -0.2) is 24.5 Å². The fourth-order valence-corrected chi connectivity index (χ4v) is 3.29. The maximum absolute atomic E-state index is 12.9. The first kappa shape index (κ1) is 21.6. The Kier molecular flexibility index (Phi) is 7.58. The smallest absolute Gasteiger partial charge is 0.223 e. The fraction of sp³-hybridized carbons (Fsp3) is 0.409. The van der Waals surface area contributed by atoms with Crippen LogP contribution in [0, 0.1) is 5.41 Å². The summed E-state index contributed by atoms with van der Waals surface area (Å²) in [4.78, 5) is 14.8. The second-order valence-corrected chi connectivity index (χ2v) is 8.73. The molecule has 1 amide bonds. The van der Waals surface area contributed by atoms with Crippen LogP contribution in [0.4, 0.5) is 0 Å². The first-order chi connectivity index (χ1) is 12.7. The summed E-state index contributed by atoms with van der Waals surface area (Å²) in [6.07, 6.45) is 1.18. The first-order valence-electron chi connectivity index (χ1n) is 9.02. The third-order valence-corrected chi connectivity index (χ3v) is 4.82. The molecule has 2 aromatic rings. The van der Waals surface area contributed by atoms with Gasteiger partial charge in [-0.15, -0.1) is 0 Å². The predicted molar refractivity (Wildman–Crippen MR) is 113 cm³/mol. The van der Waals surface area contributed by atoms with Crippen molar-refractivity contribution in [2.45, 2.75) is 40.2 Å². The molecule has 0 heterocycles. The minimum Gasteiger partial charge on any atom is -0.497 e. The zero-order chi connectivity index (χ0) is 20.0. The van der Waals surface area contributed by atoms with E-state index < -0.39 is 0 Å². The van der Waals surface area contributed by atoms with Crippen LogP contribution in [-0.2, 0) is 17.8 Å². The highest BCUT2D eigenvalue weighted by atomic mass is 35.5. The molecule has 0 aliphatic rings. The molecule has 0 atom stereocenters. The van der Waals surface area contributed by atoms with Crippen LogP contribution in [0.25, 0.3) is 0 Å². The highest BCUT2D eigenvalue weighted by molar-refractivity contribution is 6.35. The van der Waals surface area contributed by atoms with Gasteiger partial charge in [-0.05, 0) is 47.2 Å². The molecule has 5 heteroatoms. The molecule has 0 radical (unpaired) electrons. The monoisotopic (exact) mass is 407 g/mol. The normalized spacial score (nSPS) is 11.3. The zero-order valence-electron chi connectivity index (χ0n) is 16.4. The van der Waals surface area contributed by atoms with E-state index in [1.54, 1.807) is 13.2 Å². The van der Waals surface area contributed by atoms with Gasteiger partial charge in [-0.1, -0.05) is 62.2 Å². The molecular formula is C22H27Cl2NO2. The van der Waals surface area contributed by atoms with E-state index in [4.69, 9.17) is 27.9 Å². The van der Waals surface area contributed by atoms with E-state index in [2.05, 4.69) is 20.8 Å². The van der Waals surface area contributed by atoms with Crippen molar-refractivity contribution in [2.24, 2.45) is 5.41 Å². The number of ether oxygens (including phenoxy) is 1. The van der Waals surface area contributed by atoms with Gasteiger partial charge in [-0.2, -0.15) is 0 Å². The summed E-state index contributed by atoms with van der Waals surface area (Å²) in [6.45, 7) is 7.39. The molecule has 0 fully saturated rings. The van der Waals surface area contributed by atoms with E-state index in [1.165, 1.54) is 0 Å². The largest absolute Gasteiger partial charge is 0.497 e.